The van der Waals surface area contributed by atoms with E-state index in [-0.39, 0.29) is 23.9 Å². The van der Waals surface area contributed by atoms with Gasteiger partial charge in [0.2, 0.25) is 0 Å². The minimum absolute atomic E-state index is 0.122. The Bertz CT molecular complexity index is 739. The molecule has 0 aliphatic carbocycles. The lowest BCUT2D eigenvalue weighted by molar-refractivity contribution is -0.125. The number of rotatable bonds is 4. The van der Waals surface area contributed by atoms with E-state index in [0.717, 1.165) is 47.7 Å². The van der Waals surface area contributed by atoms with E-state index in [0.29, 0.717) is 5.78 Å². The smallest absolute Gasteiger partial charge is 0.167 e. The van der Waals surface area contributed by atoms with Gasteiger partial charge >= 0.3 is 0 Å². The molecule has 0 saturated carbocycles. The summed E-state index contributed by atoms with van der Waals surface area (Å²) in [5.41, 5.74) is 2.51. The van der Waals surface area contributed by atoms with Gasteiger partial charge in [0.25, 0.3) is 0 Å². The largest absolute Gasteiger partial charge is 0.307 e. The molecule has 2 aromatic rings. The third-order valence-electron chi connectivity index (χ3n) is 6.13. The van der Waals surface area contributed by atoms with Crippen LogP contribution in [0.4, 0.5) is 0 Å². The number of halogens is 2. The van der Waals surface area contributed by atoms with Gasteiger partial charge < -0.3 is 10.6 Å². The van der Waals surface area contributed by atoms with E-state index in [1.54, 1.807) is 0 Å². The number of ketones is 1. The van der Waals surface area contributed by atoms with Crippen LogP contribution < -0.4 is 10.6 Å². The number of Topliss-reactive ketones (excluding diaryl/α,β-unsaturated/α-hetero) is 1. The molecule has 4 rings (SSSR count). The zero-order chi connectivity index (χ0) is 19.5. The normalized spacial score (nSPS) is 28.1. The van der Waals surface area contributed by atoms with Crippen molar-refractivity contribution in [1.82, 2.24) is 10.6 Å². The minimum Gasteiger partial charge on any atom is -0.307 e. The molecule has 2 saturated heterocycles. The second-order valence-corrected chi connectivity index (χ2v) is 9.70. The van der Waals surface area contributed by atoms with Crippen LogP contribution in [0, 0.1) is 0 Å². The molecule has 2 aromatic carbocycles. The van der Waals surface area contributed by atoms with Gasteiger partial charge in [0.1, 0.15) is 0 Å². The summed E-state index contributed by atoms with van der Waals surface area (Å²) in [7, 11) is 0. The van der Waals surface area contributed by atoms with Gasteiger partial charge in [0, 0.05) is 20.8 Å². The maximum Gasteiger partial charge on any atom is 0.167 e. The quantitative estimate of drug-likeness (QED) is 0.603. The molecule has 4 unspecified atom stereocenters. The molecule has 0 bridgehead atoms. The van der Waals surface area contributed by atoms with Gasteiger partial charge in [-0.15, -0.1) is 0 Å². The molecule has 2 N–H and O–H groups in total. The molecule has 2 fully saturated rings. The predicted molar refractivity (Wildman–Crippen MR) is 121 cm³/mol. The van der Waals surface area contributed by atoms with Crippen molar-refractivity contribution in [2.24, 2.45) is 0 Å². The Hall–Kier alpha value is -1.01. The molecule has 2 heterocycles. The molecule has 0 spiro atoms. The standard InChI is InChI=1S/C23H26Br2N2O/c24-17-9-5-15(6-10-17)19-3-1-13-26-21(19)23(28)22-20(4-2-14-27-22)16-7-11-18(25)12-8-16/h5-12,19-22,26-27H,1-4,13-14H2. The van der Waals surface area contributed by atoms with Crippen LogP contribution in [0.5, 0.6) is 0 Å². The fourth-order valence-electron chi connectivity index (χ4n) is 4.71. The summed E-state index contributed by atoms with van der Waals surface area (Å²) in [6.07, 6.45) is 4.33. The summed E-state index contributed by atoms with van der Waals surface area (Å²) in [6, 6.07) is 16.7. The Kier molecular flexibility index (Phi) is 6.66. The van der Waals surface area contributed by atoms with Gasteiger partial charge in [0.15, 0.2) is 5.78 Å². The van der Waals surface area contributed by atoms with Crippen molar-refractivity contribution in [3.05, 3.63) is 68.6 Å². The maximum absolute atomic E-state index is 13.7. The number of hydrogen-bond acceptors (Lipinski definition) is 3. The number of carbonyl (C=O) groups excluding carboxylic acids is 1. The van der Waals surface area contributed by atoms with Gasteiger partial charge in [-0.05, 0) is 74.2 Å². The molecule has 28 heavy (non-hydrogen) atoms. The van der Waals surface area contributed by atoms with E-state index in [9.17, 15) is 4.79 Å². The molecular formula is C23H26Br2N2O. The summed E-state index contributed by atoms with van der Waals surface area (Å²) in [5, 5.41) is 7.10. The third-order valence-corrected chi connectivity index (χ3v) is 7.18. The van der Waals surface area contributed by atoms with Gasteiger partial charge in [-0.3, -0.25) is 4.79 Å². The van der Waals surface area contributed by atoms with Crippen molar-refractivity contribution in [3.63, 3.8) is 0 Å². The number of nitrogens with one attached hydrogen (secondary N) is 2. The van der Waals surface area contributed by atoms with Gasteiger partial charge in [0.05, 0.1) is 12.1 Å². The highest BCUT2D eigenvalue weighted by Gasteiger charge is 2.40. The molecule has 2 aliphatic heterocycles. The van der Waals surface area contributed by atoms with E-state index in [1.165, 1.54) is 11.1 Å². The van der Waals surface area contributed by atoms with E-state index in [4.69, 9.17) is 0 Å². The Morgan fingerprint density at radius 2 is 1.11 bits per heavy atom. The maximum atomic E-state index is 13.7. The van der Waals surface area contributed by atoms with Crippen LogP contribution in [0.2, 0.25) is 0 Å². The highest BCUT2D eigenvalue weighted by atomic mass is 79.9. The van der Waals surface area contributed by atoms with Crippen molar-refractivity contribution in [1.29, 1.82) is 0 Å². The Labute approximate surface area is 183 Å². The average molecular weight is 506 g/mol. The molecule has 2 aliphatic rings. The van der Waals surface area contributed by atoms with Crippen LogP contribution in [-0.4, -0.2) is 31.0 Å². The fourth-order valence-corrected chi connectivity index (χ4v) is 5.23. The summed E-state index contributed by atoms with van der Waals surface area (Å²) in [6.45, 7) is 1.83. The first kappa shape index (κ1) is 20.3. The topological polar surface area (TPSA) is 41.1 Å². The summed E-state index contributed by atoms with van der Waals surface area (Å²) < 4.78 is 2.15. The monoisotopic (exact) mass is 504 g/mol. The van der Waals surface area contributed by atoms with E-state index >= 15 is 0 Å². The van der Waals surface area contributed by atoms with Crippen LogP contribution in [0.15, 0.2) is 57.5 Å². The van der Waals surface area contributed by atoms with E-state index in [1.807, 2.05) is 0 Å². The van der Waals surface area contributed by atoms with E-state index < -0.39 is 0 Å². The first-order valence-corrected chi connectivity index (χ1v) is 11.7. The van der Waals surface area contributed by atoms with Crippen molar-refractivity contribution in [2.45, 2.75) is 49.6 Å². The van der Waals surface area contributed by atoms with Crippen LogP contribution in [-0.2, 0) is 4.79 Å². The zero-order valence-electron chi connectivity index (χ0n) is 15.8. The Morgan fingerprint density at radius 1 is 0.714 bits per heavy atom. The second-order valence-electron chi connectivity index (χ2n) is 7.87. The number of benzene rings is 2. The second kappa shape index (κ2) is 9.21. The number of piperidine rings is 2. The third kappa shape index (κ3) is 4.43. The predicted octanol–water partition coefficient (Wildman–Crippen LogP) is 5.15. The average Bonchev–Trinajstić information content (AvgIpc) is 2.74. The lowest BCUT2D eigenvalue weighted by Gasteiger charge is -2.38. The Morgan fingerprint density at radius 3 is 1.50 bits per heavy atom. The molecule has 3 nitrogen and oxygen atoms in total. The minimum atomic E-state index is -0.122. The lowest BCUT2D eigenvalue weighted by atomic mass is 9.76. The summed E-state index contributed by atoms with van der Waals surface area (Å²) >= 11 is 7.04. The Balaban J connectivity index is 1.59. The highest BCUT2D eigenvalue weighted by molar-refractivity contribution is 9.10. The number of hydrogen-bond donors (Lipinski definition) is 2. The summed E-state index contributed by atoms with van der Waals surface area (Å²) in [5.74, 6) is 0.799. The lowest BCUT2D eigenvalue weighted by Crippen LogP contribution is -2.56. The molecule has 0 aromatic heterocycles. The van der Waals surface area contributed by atoms with Crippen molar-refractivity contribution in [2.75, 3.05) is 13.1 Å². The molecule has 5 heteroatoms. The highest BCUT2D eigenvalue weighted by Crippen LogP contribution is 2.34. The van der Waals surface area contributed by atoms with Gasteiger partial charge in [-0.25, -0.2) is 0 Å². The van der Waals surface area contributed by atoms with Crippen LogP contribution in [0.1, 0.15) is 48.6 Å². The summed E-state index contributed by atoms with van der Waals surface area (Å²) in [4.78, 5) is 13.7. The molecule has 148 valence electrons. The number of carbonyl (C=O) groups is 1. The molecule has 0 radical (unpaired) electrons. The van der Waals surface area contributed by atoms with Crippen molar-refractivity contribution >= 4 is 37.6 Å². The van der Waals surface area contributed by atoms with Gasteiger partial charge in [-0.2, -0.15) is 0 Å². The molecule has 0 amide bonds. The van der Waals surface area contributed by atoms with Crippen molar-refractivity contribution < 1.29 is 4.79 Å². The van der Waals surface area contributed by atoms with Crippen LogP contribution >= 0.6 is 31.9 Å². The SMILES string of the molecule is O=C(C1NCCCC1c1ccc(Br)cc1)C1NCCCC1c1ccc(Br)cc1. The first-order chi connectivity index (χ1) is 13.6. The first-order valence-electron chi connectivity index (χ1n) is 10.1. The van der Waals surface area contributed by atoms with Gasteiger partial charge in [-0.1, -0.05) is 56.1 Å². The molecular weight excluding hydrogens is 480 g/mol. The zero-order valence-corrected chi connectivity index (χ0v) is 19.0. The van der Waals surface area contributed by atoms with Crippen LogP contribution in [0.3, 0.4) is 0 Å². The molecule has 4 atom stereocenters. The van der Waals surface area contributed by atoms with Crippen LogP contribution in [0.25, 0.3) is 0 Å². The van der Waals surface area contributed by atoms with Crippen molar-refractivity contribution in [3.8, 4) is 0 Å². The van der Waals surface area contributed by atoms with E-state index in [2.05, 4.69) is 91.0 Å². The fraction of sp³-hybridized carbons (Fsp3) is 0.435.